The Morgan fingerprint density at radius 3 is 2.33 bits per heavy atom. The third-order valence-corrected chi connectivity index (χ3v) is 3.44. The zero-order valence-electron chi connectivity index (χ0n) is 14.4. The van der Waals surface area contributed by atoms with Crippen LogP contribution in [0.2, 0.25) is 0 Å². The summed E-state index contributed by atoms with van der Waals surface area (Å²) in [6, 6.07) is 12.8. The standard InChI is InChI=1S/C19H22N2O3/c1-13-8-14(2)10-16(9-13)20-18(22)12-24-19(23)15-6-5-7-17(11-15)21(3)4/h5-11H,12H2,1-4H3,(H,20,22). The Morgan fingerprint density at radius 1 is 1.04 bits per heavy atom. The number of rotatable bonds is 5. The fraction of sp³-hybridized carbons (Fsp3) is 0.263. The summed E-state index contributed by atoms with van der Waals surface area (Å²) in [7, 11) is 3.78. The molecule has 0 atom stereocenters. The number of carbonyl (C=O) groups is 2. The van der Waals surface area contributed by atoms with Gasteiger partial charge in [-0.2, -0.15) is 0 Å². The number of aryl methyl sites for hydroxylation is 2. The van der Waals surface area contributed by atoms with Crippen LogP contribution in [0.3, 0.4) is 0 Å². The van der Waals surface area contributed by atoms with Crippen LogP contribution < -0.4 is 10.2 Å². The molecule has 0 aliphatic heterocycles. The van der Waals surface area contributed by atoms with Gasteiger partial charge in [0.2, 0.25) is 0 Å². The third kappa shape index (κ3) is 4.84. The molecule has 2 aromatic carbocycles. The van der Waals surface area contributed by atoms with Gasteiger partial charge in [-0.1, -0.05) is 12.1 Å². The first-order valence-corrected chi connectivity index (χ1v) is 7.68. The fourth-order valence-corrected chi connectivity index (χ4v) is 2.37. The Bertz CT molecular complexity index is 734. The van der Waals surface area contributed by atoms with Crippen molar-refractivity contribution in [3.8, 4) is 0 Å². The van der Waals surface area contributed by atoms with Crippen molar-refractivity contribution in [2.45, 2.75) is 13.8 Å². The molecule has 0 spiro atoms. The lowest BCUT2D eigenvalue weighted by atomic mass is 10.1. The molecular formula is C19H22N2O3. The zero-order chi connectivity index (χ0) is 17.7. The maximum Gasteiger partial charge on any atom is 0.338 e. The minimum atomic E-state index is -0.519. The average Bonchev–Trinajstić information content (AvgIpc) is 2.51. The lowest BCUT2D eigenvalue weighted by molar-refractivity contribution is -0.119. The van der Waals surface area contributed by atoms with Crippen LogP contribution in [-0.4, -0.2) is 32.6 Å². The van der Waals surface area contributed by atoms with Crippen LogP contribution >= 0.6 is 0 Å². The number of nitrogens with one attached hydrogen (secondary N) is 1. The average molecular weight is 326 g/mol. The fourth-order valence-electron chi connectivity index (χ4n) is 2.37. The molecule has 0 saturated heterocycles. The van der Waals surface area contributed by atoms with Gasteiger partial charge < -0.3 is 15.0 Å². The first kappa shape index (κ1) is 17.5. The Morgan fingerprint density at radius 2 is 1.71 bits per heavy atom. The minimum absolute atomic E-state index is 0.321. The van der Waals surface area contributed by atoms with Crippen LogP contribution in [0, 0.1) is 13.8 Å². The van der Waals surface area contributed by atoms with Crippen molar-refractivity contribution in [1.82, 2.24) is 0 Å². The Kier molecular flexibility index (Phi) is 5.58. The smallest absolute Gasteiger partial charge is 0.338 e. The van der Waals surface area contributed by atoms with Gasteiger partial charge in [0.05, 0.1) is 5.56 Å². The molecule has 0 fully saturated rings. The number of benzene rings is 2. The number of hydrogen-bond acceptors (Lipinski definition) is 4. The molecule has 0 aliphatic carbocycles. The number of amides is 1. The molecule has 1 amide bonds. The first-order valence-electron chi connectivity index (χ1n) is 7.68. The summed E-state index contributed by atoms with van der Waals surface area (Å²) in [6.45, 7) is 3.60. The van der Waals surface area contributed by atoms with Crippen molar-refractivity contribution in [3.63, 3.8) is 0 Å². The largest absolute Gasteiger partial charge is 0.452 e. The van der Waals surface area contributed by atoms with E-state index in [2.05, 4.69) is 5.32 Å². The Labute approximate surface area is 142 Å². The molecule has 0 radical (unpaired) electrons. The summed E-state index contributed by atoms with van der Waals surface area (Å²) < 4.78 is 5.09. The number of anilines is 2. The molecule has 1 N–H and O–H groups in total. The van der Waals surface area contributed by atoms with Crippen LogP contribution in [-0.2, 0) is 9.53 Å². The summed E-state index contributed by atoms with van der Waals surface area (Å²) in [6.07, 6.45) is 0. The maximum absolute atomic E-state index is 12.1. The van der Waals surface area contributed by atoms with E-state index in [1.54, 1.807) is 18.2 Å². The molecule has 0 bridgehead atoms. The van der Waals surface area contributed by atoms with Gasteiger partial charge in [0.25, 0.3) is 5.91 Å². The van der Waals surface area contributed by atoms with E-state index >= 15 is 0 Å². The zero-order valence-corrected chi connectivity index (χ0v) is 14.4. The second-order valence-electron chi connectivity index (χ2n) is 5.95. The SMILES string of the molecule is Cc1cc(C)cc(NC(=O)COC(=O)c2cccc(N(C)C)c2)c1. The second-order valence-corrected chi connectivity index (χ2v) is 5.95. The van der Waals surface area contributed by atoms with E-state index in [4.69, 9.17) is 4.74 Å². The summed E-state index contributed by atoms with van der Waals surface area (Å²) in [4.78, 5) is 25.9. The molecule has 126 valence electrons. The van der Waals surface area contributed by atoms with Crippen LogP contribution in [0.25, 0.3) is 0 Å². The molecule has 0 heterocycles. The molecule has 0 unspecified atom stereocenters. The van der Waals surface area contributed by atoms with E-state index in [0.29, 0.717) is 11.3 Å². The van der Waals surface area contributed by atoms with Gasteiger partial charge in [-0.05, 0) is 55.3 Å². The molecule has 24 heavy (non-hydrogen) atoms. The van der Waals surface area contributed by atoms with Crippen molar-refractivity contribution in [3.05, 3.63) is 59.2 Å². The van der Waals surface area contributed by atoms with Gasteiger partial charge in [-0.15, -0.1) is 0 Å². The molecule has 0 aromatic heterocycles. The summed E-state index contributed by atoms with van der Waals surface area (Å²) in [5.41, 5.74) is 4.12. The van der Waals surface area contributed by atoms with Gasteiger partial charge in [0.15, 0.2) is 6.61 Å². The van der Waals surface area contributed by atoms with E-state index in [0.717, 1.165) is 16.8 Å². The highest BCUT2D eigenvalue weighted by Gasteiger charge is 2.11. The molecule has 5 nitrogen and oxygen atoms in total. The number of ether oxygens (including phenoxy) is 1. The monoisotopic (exact) mass is 326 g/mol. The van der Waals surface area contributed by atoms with Crippen molar-refractivity contribution >= 4 is 23.3 Å². The van der Waals surface area contributed by atoms with Crippen LogP contribution in [0.5, 0.6) is 0 Å². The third-order valence-electron chi connectivity index (χ3n) is 3.44. The summed E-state index contributed by atoms with van der Waals surface area (Å²) in [5.74, 6) is -0.883. The van der Waals surface area contributed by atoms with Crippen molar-refractivity contribution in [1.29, 1.82) is 0 Å². The predicted molar refractivity (Wildman–Crippen MR) is 95.6 cm³/mol. The molecule has 0 aliphatic rings. The topological polar surface area (TPSA) is 58.6 Å². The molecule has 2 rings (SSSR count). The lowest BCUT2D eigenvalue weighted by Crippen LogP contribution is -2.21. The molecule has 2 aromatic rings. The second kappa shape index (κ2) is 7.64. The van der Waals surface area contributed by atoms with Gasteiger partial charge >= 0.3 is 5.97 Å². The van der Waals surface area contributed by atoms with Crippen molar-refractivity contribution < 1.29 is 14.3 Å². The number of esters is 1. The van der Waals surface area contributed by atoms with E-state index in [-0.39, 0.29) is 12.5 Å². The summed E-state index contributed by atoms with van der Waals surface area (Å²) >= 11 is 0. The van der Waals surface area contributed by atoms with E-state index in [1.165, 1.54) is 0 Å². The van der Waals surface area contributed by atoms with Gasteiger partial charge in [-0.25, -0.2) is 4.79 Å². The van der Waals surface area contributed by atoms with Crippen molar-refractivity contribution in [2.24, 2.45) is 0 Å². The maximum atomic E-state index is 12.1. The number of carbonyl (C=O) groups excluding carboxylic acids is 2. The normalized spacial score (nSPS) is 10.2. The van der Waals surface area contributed by atoms with Crippen LogP contribution in [0.1, 0.15) is 21.5 Å². The van der Waals surface area contributed by atoms with E-state index in [9.17, 15) is 9.59 Å². The van der Waals surface area contributed by atoms with Gasteiger partial charge in [0, 0.05) is 25.5 Å². The predicted octanol–water partition coefficient (Wildman–Crippen LogP) is 3.16. The highest BCUT2D eigenvalue weighted by Crippen LogP contribution is 2.15. The van der Waals surface area contributed by atoms with E-state index < -0.39 is 5.97 Å². The highest BCUT2D eigenvalue weighted by molar-refractivity contribution is 5.96. The first-order chi connectivity index (χ1) is 11.3. The van der Waals surface area contributed by atoms with Gasteiger partial charge in [-0.3, -0.25) is 4.79 Å². The Hall–Kier alpha value is -2.82. The summed E-state index contributed by atoms with van der Waals surface area (Å²) in [5, 5.41) is 2.74. The number of hydrogen-bond donors (Lipinski definition) is 1. The highest BCUT2D eigenvalue weighted by atomic mass is 16.5. The van der Waals surface area contributed by atoms with Crippen LogP contribution in [0.15, 0.2) is 42.5 Å². The van der Waals surface area contributed by atoms with Crippen molar-refractivity contribution in [2.75, 3.05) is 30.9 Å². The molecular weight excluding hydrogens is 304 g/mol. The van der Waals surface area contributed by atoms with E-state index in [1.807, 2.05) is 57.1 Å². The molecule has 5 heteroatoms. The minimum Gasteiger partial charge on any atom is -0.452 e. The molecule has 0 saturated carbocycles. The lowest BCUT2D eigenvalue weighted by Gasteiger charge is -2.13. The van der Waals surface area contributed by atoms with Crippen LogP contribution in [0.4, 0.5) is 11.4 Å². The van der Waals surface area contributed by atoms with Gasteiger partial charge in [0.1, 0.15) is 0 Å². The quantitative estimate of drug-likeness (QED) is 0.858. The Balaban J connectivity index is 1.93. The number of nitrogens with zero attached hydrogens (tertiary/aromatic N) is 1.